The molecule has 1 rings (SSSR count). The summed E-state index contributed by atoms with van der Waals surface area (Å²) in [5, 5.41) is 0. The van der Waals surface area contributed by atoms with Gasteiger partial charge in [0.2, 0.25) is 0 Å². The highest BCUT2D eigenvalue weighted by Gasteiger charge is 2.44. The second kappa shape index (κ2) is 3.62. The van der Waals surface area contributed by atoms with Crippen LogP contribution in [-0.2, 0) is 11.6 Å². The van der Waals surface area contributed by atoms with Gasteiger partial charge in [0.05, 0.1) is 0 Å². The number of nitrogens with zero attached hydrogens (tertiary/aromatic N) is 1. The third-order valence-electron chi connectivity index (χ3n) is 1.01. The summed E-state index contributed by atoms with van der Waals surface area (Å²) < 4.78 is 38.1. The van der Waals surface area contributed by atoms with Crippen LogP contribution in [0.15, 0.2) is 34.7 Å². The molecule has 0 unspecified atom stereocenters. The first kappa shape index (κ1) is 9.12. The Morgan fingerprint density at radius 1 is 1.08 bits per heavy atom. The molecule has 0 aromatic heterocycles. The lowest BCUT2D eigenvalue weighted by atomic mass is 10.3. The van der Waals surface area contributed by atoms with Crippen molar-refractivity contribution in [2.24, 2.45) is 4.36 Å². The smallest absolute Gasteiger partial charge is 0.112 e. The molecule has 64 valence electrons. The van der Waals surface area contributed by atoms with E-state index in [-0.39, 0.29) is 11.6 Å². The Hall–Kier alpha value is -0.970. The molecule has 0 aliphatic rings. The minimum Gasteiger partial charge on any atom is -0.112 e. The van der Waals surface area contributed by atoms with Crippen LogP contribution >= 0.6 is 0 Å². The molecule has 0 saturated heterocycles. The zero-order valence-corrected chi connectivity index (χ0v) is 6.69. The summed E-state index contributed by atoms with van der Waals surface area (Å²) in [5.74, 6) is 0. The number of rotatable bonds is 1. The van der Waals surface area contributed by atoms with Crippen molar-refractivity contribution in [1.82, 2.24) is 0 Å². The number of benzene rings is 1. The van der Waals surface area contributed by atoms with Crippen LogP contribution in [0.1, 0.15) is 0 Å². The lowest BCUT2D eigenvalue weighted by molar-refractivity contribution is -0.0329. The maximum Gasteiger partial charge on any atom is 0.674 e. The summed E-state index contributed by atoms with van der Waals surface area (Å²) in [6, 6.07) is 8.01. The lowest BCUT2D eigenvalue weighted by Crippen LogP contribution is -2.02. The Kier molecular flexibility index (Phi) is 2.75. The molecule has 12 heavy (non-hydrogen) atoms. The Bertz CT molecular complexity index is 268. The van der Waals surface area contributed by atoms with Gasteiger partial charge in [-0.1, -0.05) is 18.2 Å². The molecule has 0 atom stereocenters. The number of hydrogen-bond donors (Lipinski definition) is 0. The van der Waals surface area contributed by atoms with Crippen molar-refractivity contribution in [2.75, 3.05) is 0 Å². The number of halogens is 3. The molecule has 1 aromatic carbocycles. The van der Waals surface area contributed by atoms with Crippen molar-refractivity contribution in [1.29, 1.82) is 0 Å². The van der Waals surface area contributed by atoms with Crippen molar-refractivity contribution < 1.29 is 13.2 Å². The normalized spacial score (nSPS) is 12.2. The third kappa shape index (κ3) is 3.43. The van der Waals surface area contributed by atoms with Gasteiger partial charge in [0.1, 0.15) is 5.69 Å². The van der Waals surface area contributed by atoms with Gasteiger partial charge in [-0.25, -0.2) is 0 Å². The first-order valence-corrected chi connectivity index (χ1v) is 3.86. The largest absolute Gasteiger partial charge is 0.674 e. The Morgan fingerprint density at radius 2 is 1.67 bits per heavy atom. The van der Waals surface area contributed by atoms with Crippen LogP contribution in [0.4, 0.5) is 18.9 Å². The van der Waals surface area contributed by atoms with Crippen LogP contribution < -0.4 is 0 Å². The highest BCUT2D eigenvalue weighted by molar-refractivity contribution is 7.69. The van der Waals surface area contributed by atoms with E-state index in [2.05, 4.69) is 4.36 Å². The van der Waals surface area contributed by atoms with Crippen LogP contribution in [0, 0.1) is 0 Å². The molecule has 0 heterocycles. The van der Waals surface area contributed by atoms with Gasteiger partial charge in [-0.15, -0.1) is 13.2 Å². The molecular formula is C7H5F3NS+. The molecule has 0 aliphatic heterocycles. The van der Waals surface area contributed by atoms with E-state index in [1.807, 2.05) is 0 Å². The maximum absolute atomic E-state index is 11.6. The number of hydrogen-bond acceptors (Lipinski definition) is 1. The predicted octanol–water partition coefficient (Wildman–Crippen LogP) is 3.10. The summed E-state index contributed by atoms with van der Waals surface area (Å²) >= 11 is -0.388. The van der Waals surface area contributed by atoms with Crippen molar-refractivity contribution in [3.05, 3.63) is 30.3 Å². The minimum absolute atomic E-state index is 0.319. The van der Waals surface area contributed by atoms with Crippen molar-refractivity contribution in [2.45, 2.75) is 5.51 Å². The SMILES string of the molecule is FC(F)(F)[S+]=Nc1ccccc1. The molecule has 0 amide bonds. The topological polar surface area (TPSA) is 12.4 Å². The summed E-state index contributed by atoms with van der Waals surface area (Å²) in [5.41, 5.74) is -3.98. The van der Waals surface area contributed by atoms with E-state index in [0.29, 0.717) is 5.69 Å². The highest BCUT2D eigenvalue weighted by Crippen LogP contribution is 2.17. The summed E-state index contributed by atoms with van der Waals surface area (Å²) in [4.78, 5) is 0. The van der Waals surface area contributed by atoms with Crippen LogP contribution in [0.2, 0.25) is 0 Å². The molecule has 0 aliphatic carbocycles. The molecule has 0 N–H and O–H groups in total. The quantitative estimate of drug-likeness (QED) is 0.606. The zero-order valence-electron chi connectivity index (χ0n) is 5.88. The van der Waals surface area contributed by atoms with E-state index < -0.39 is 5.51 Å². The standard InChI is InChI=1S/C7H5F3NS/c8-7(9,10)12-11-6-4-2-1-3-5-6/h1-5H/q+1. The van der Waals surface area contributed by atoms with E-state index in [4.69, 9.17) is 0 Å². The fraction of sp³-hybridized carbons (Fsp3) is 0.143. The predicted molar refractivity (Wildman–Crippen MR) is 42.0 cm³/mol. The fourth-order valence-electron chi connectivity index (χ4n) is 0.593. The summed E-state index contributed by atoms with van der Waals surface area (Å²) in [6.07, 6.45) is 0. The van der Waals surface area contributed by atoms with Crippen LogP contribution in [-0.4, -0.2) is 5.51 Å². The van der Waals surface area contributed by atoms with Gasteiger partial charge >= 0.3 is 17.1 Å². The van der Waals surface area contributed by atoms with E-state index >= 15 is 0 Å². The van der Waals surface area contributed by atoms with E-state index in [0.717, 1.165) is 0 Å². The second-order valence-corrected chi connectivity index (χ2v) is 2.79. The lowest BCUT2D eigenvalue weighted by Gasteiger charge is -1.82. The van der Waals surface area contributed by atoms with Gasteiger partial charge in [0, 0.05) is 4.36 Å². The second-order valence-electron chi connectivity index (χ2n) is 1.96. The Labute approximate surface area is 71.4 Å². The zero-order chi connectivity index (χ0) is 9.03. The Balaban J connectivity index is 2.71. The van der Waals surface area contributed by atoms with E-state index in [1.54, 1.807) is 18.2 Å². The van der Waals surface area contributed by atoms with Gasteiger partial charge in [-0.05, 0) is 12.1 Å². The van der Waals surface area contributed by atoms with Crippen LogP contribution in [0.5, 0.6) is 0 Å². The van der Waals surface area contributed by atoms with Crippen molar-refractivity contribution in [3.63, 3.8) is 0 Å². The van der Waals surface area contributed by atoms with Gasteiger partial charge in [-0.3, -0.25) is 0 Å². The van der Waals surface area contributed by atoms with Crippen molar-refractivity contribution >= 4 is 17.2 Å². The average Bonchev–Trinajstić information content (AvgIpc) is 2.02. The Morgan fingerprint density at radius 3 is 2.17 bits per heavy atom. The molecular weight excluding hydrogens is 187 g/mol. The van der Waals surface area contributed by atoms with Crippen LogP contribution in [0.3, 0.4) is 0 Å². The first-order chi connectivity index (χ1) is 5.58. The van der Waals surface area contributed by atoms with E-state index in [1.165, 1.54) is 12.1 Å². The van der Waals surface area contributed by atoms with Gasteiger partial charge in [-0.2, -0.15) is 0 Å². The fourth-order valence-corrected chi connectivity index (χ4v) is 0.924. The molecule has 1 nitrogen and oxygen atoms in total. The minimum atomic E-state index is -4.30. The molecule has 0 spiro atoms. The molecule has 0 bridgehead atoms. The molecule has 0 fully saturated rings. The van der Waals surface area contributed by atoms with Gasteiger partial charge in [0.15, 0.2) is 0 Å². The first-order valence-electron chi connectivity index (χ1n) is 3.09. The molecule has 0 saturated carbocycles. The highest BCUT2D eigenvalue weighted by atomic mass is 32.1. The maximum atomic E-state index is 11.6. The molecule has 5 heteroatoms. The van der Waals surface area contributed by atoms with Gasteiger partial charge < -0.3 is 0 Å². The van der Waals surface area contributed by atoms with Crippen LogP contribution in [0.25, 0.3) is 0 Å². The third-order valence-corrected chi connectivity index (χ3v) is 1.52. The van der Waals surface area contributed by atoms with Crippen molar-refractivity contribution in [3.8, 4) is 0 Å². The average molecular weight is 192 g/mol. The summed E-state index contributed by atoms with van der Waals surface area (Å²) in [6.45, 7) is 0. The van der Waals surface area contributed by atoms with Gasteiger partial charge in [0.25, 0.3) is 0 Å². The number of alkyl halides is 3. The summed E-state index contributed by atoms with van der Waals surface area (Å²) in [7, 11) is 0. The molecule has 1 aromatic rings. The monoisotopic (exact) mass is 192 g/mol. The molecule has 0 radical (unpaired) electrons. The van der Waals surface area contributed by atoms with E-state index in [9.17, 15) is 13.2 Å².